The van der Waals surface area contributed by atoms with E-state index in [1.807, 2.05) is 6.92 Å². The third kappa shape index (κ3) is 4.30. The summed E-state index contributed by atoms with van der Waals surface area (Å²) < 4.78 is 41.7. The lowest BCUT2D eigenvalue weighted by atomic mass is 10.2. The lowest BCUT2D eigenvalue weighted by Gasteiger charge is -2.28. The van der Waals surface area contributed by atoms with Crippen molar-refractivity contribution in [3.63, 3.8) is 0 Å². The summed E-state index contributed by atoms with van der Waals surface area (Å²) in [6, 6.07) is 10.6. The van der Waals surface area contributed by atoms with Gasteiger partial charge in [0.2, 0.25) is 22.7 Å². The number of ether oxygens (including phenoxy) is 3. The Labute approximate surface area is 164 Å². The van der Waals surface area contributed by atoms with Crippen molar-refractivity contribution in [1.82, 2.24) is 0 Å². The summed E-state index contributed by atoms with van der Waals surface area (Å²) in [5, 5.41) is 2.72. The monoisotopic (exact) mass is 406 g/mol. The van der Waals surface area contributed by atoms with Gasteiger partial charge in [0.05, 0.1) is 18.6 Å². The van der Waals surface area contributed by atoms with Crippen molar-refractivity contribution < 1.29 is 27.4 Å². The zero-order chi connectivity index (χ0) is 20.3. The number of sulfonamides is 1. The van der Waals surface area contributed by atoms with Crippen molar-refractivity contribution in [3.8, 4) is 17.2 Å². The van der Waals surface area contributed by atoms with E-state index < -0.39 is 22.0 Å². The van der Waals surface area contributed by atoms with E-state index in [1.54, 1.807) is 42.5 Å². The number of anilines is 2. The van der Waals surface area contributed by atoms with Gasteiger partial charge in [0, 0.05) is 11.8 Å². The third-order valence-electron chi connectivity index (χ3n) is 4.13. The fourth-order valence-corrected chi connectivity index (χ4v) is 4.06. The van der Waals surface area contributed by atoms with Gasteiger partial charge in [0.1, 0.15) is 11.8 Å². The Kier molecular flexibility index (Phi) is 5.64. The molecule has 1 aliphatic heterocycles. The number of fused-ring (bicyclic) bond motifs is 1. The number of rotatable bonds is 7. The topological polar surface area (TPSA) is 94.2 Å². The molecular formula is C19H22N2O6S. The molecule has 1 aliphatic rings. The maximum absolute atomic E-state index is 12.7. The van der Waals surface area contributed by atoms with Crippen LogP contribution < -0.4 is 23.8 Å². The van der Waals surface area contributed by atoms with Crippen molar-refractivity contribution in [2.45, 2.75) is 19.9 Å². The first kappa shape index (κ1) is 19.8. The minimum absolute atomic E-state index is 0.128. The first-order chi connectivity index (χ1) is 13.3. The highest BCUT2D eigenvalue weighted by atomic mass is 32.2. The van der Waals surface area contributed by atoms with Crippen molar-refractivity contribution in [2.24, 2.45) is 0 Å². The van der Waals surface area contributed by atoms with Gasteiger partial charge in [-0.3, -0.25) is 9.10 Å². The first-order valence-corrected chi connectivity index (χ1v) is 10.6. The van der Waals surface area contributed by atoms with Gasteiger partial charge in [0.25, 0.3) is 0 Å². The Balaban J connectivity index is 1.81. The maximum atomic E-state index is 12.7. The molecule has 1 amide bonds. The van der Waals surface area contributed by atoms with Crippen LogP contribution in [0.15, 0.2) is 42.5 Å². The molecule has 0 aliphatic carbocycles. The predicted molar refractivity (Wildman–Crippen MR) is 106 cm³/mol. The number of amides is 1. The standard InChI is InChI=1S/C19H22N2O6S/c1-4-25-16-8-6-15(7-9-16)21(28(3,23)24)13(2)19(22)20-14-5-10-17-18(11-14)27-12-26-17/h5-11,13H,4,12H2,1-3H3,(H,20,22)/t13-/m0/s1. The van der Waals surface area contributed by atoms with E-state index in [-0.39, 0.29) is 6.79 Å². The fourth-order valence-electron chi connectivity index (χ4n) is 2.89. The van der Waals surface area contributed by atoms with Gasteiger partial charge in [-0.05, 0) is 50.2 Å². The maximum Gasteiger partial charge on any atom is 0.247 e. The number of carbonyl (C=O) groups is 1. The largest absolute Gasteiger partial charge is 0.494 e. The molecule has 0 spiro atoms. The second-order valence-electron chi connectivity index (χ2n) is 6.22. The molecule has 1 heterocycles. The van der Waals surface area contributed by atoms with Gasteiger partial charge in [-0.2, -0.15) is 0 Å². The molecule has 0 radical (unpaired) electrons. The van der Waals surface area contributed by atoms with Crippen LogP contribution in [0.25, 0.3) is 0 Å². The molecule has 3 rings (SSSR count). The molecule has 0 saturated carbocycles. The minimum Gasteiger partial charge on any atom is -0.494 e. The Morgan fingerprint density at radius 3 is 2.50 bits per heavy atom. The second kappa shape index (κ2) is 7.97. The van der Waals surface area contributed by atoms with Crippen molar-refractivity contribution in [3.05, 3.63) is 42.5 Å². The Morgan fingerprint density at radius 1 is 1.18 bits per heavy atom. The second-order valence-corrected chi connectivity index (χ2v) is 8.08. The number of nitrogens with zero attached hydrogens (tertiary/aromatic N) is 1. The molecular weight excluding hydrogens is 384 g/mol. The van der Waals surface area contributed by atoms with Crippen LogP contribution in [-0.2, 0) is 14.8 Å². The summed E-state index contributed by atoms with van der Waals surface area (Å²) in [6.45, 7) is 4.02. The van der Waals surface area contributed by atoms with E-state index in [1.165, 1.54) is 6.92 Å². The van der Waals surface area contributed by atoms with E-state index in [9.17, 15) is 13.2 Å². The van der Waals surface area contributed by atoms with Crippen LogP contribution in [-0.4, -0.2) is 40.0 Å². The Hall–Kier alpha value is -2.94. The van der Waals surface area contributed by atoms with E-state index in [0.29, 0.717) is 35.2 Å². The summed E-state index contributed by atoms with van der Waals surface area (Å²) in [7, 11) is -3.70. The van der Waals surface area contributed by atoms with Crippen LogP contribution in [0.3, 0.4) is 0 Å². The number of hydrogen-bond acceptors (Lipinski definition) is 6. The van der Waals surface area contributed by atoms with Crippen molar-refractivity contribution in [2.75, 3.05) is 29.3 Å². The number of nitrogens with one attached hydrogen (secondary N) is 1. The van der Waals surface area contributed by atoms with Gasteiger partial charge in [-0.15, -0.1) is 0 Å². The van der Waals surface area contributed by atoms with Crippen LogP contribution in [0, 0.1) is 0 Å². The zero-order valence-electron chi connectivity index (χ0n) is 15.8. The molecule has 8 nitrogen and oxygen atoms in total. The molecule has 0 unspecified atom stereocenters. The van der Waals surface area contributed by atoms with Crippen LogP contribution >= 0.6 is 0 Å². The molecule has 28 heavy (non-hydrogen) atoms. The highest BCUT2D eigenvalue weighted by molar-refractivity contribution is 7.92. The highest BCUT2D eigenvalue weighted by Crippen LogP contribution is 2.34. The molecule has 150 valence electrons. The van der Waals surface area contributed by atoms with E-state index in [4.69, 9.17) is 14.2 Å². The van der Waals surface area contributed by atoms with Crippen molar-refractivity contribution in [1.29, 1.82) is 0 Å². The average Bonchev–Trinajstić information content (AvgIpc) is 3.10. The van der Waals surface area contributed by atoms with E-state index in [0.717, 1.165) is 10.6 Å². The average molecular weight is 406 g/mol. The molecule has 0 bridgehead atoms. The van der Waals surface area contributed by atoms with Gasteiger partial charge in [0.15, 0.2) is 11.5 Å². The van der Waals surface area contributed by atoms with Gasteiger partial charge in [-0.25, -0.2) is 8.42 Å². The highest BCUT2D eigenvalue weighted by Gasteiger charge is 2.29. The summed E-state index contributed by atoms with van der Waals surface area (Å²) in [4.78, 5) is 12.7. The first-order valence-electron chi connectivity index (χ1n) is 8.72. The quantitative estimate of drug-likeness (QED) is 0.760. The molecule has 2 aromatic carbocycles. The third-order valence-corrected chi connectivity index (χ3v) is 5.37. The Bertz CT molecular complexity index is 959. The lowest BCUT2D eigenvalue weighted by molar-refractivity contribution is -0.116. The summed E-state index contributed by atoms with van der Waals surface area (Å²) in [5.41, 5.74) is 0.862. The summed E-state index contributed by atoms with van der Waals surface area (Å²) >= 11 is 0. The Morgan fingerprint density at radius 2 is 1.86 bits per heavy atom. The minimum atomic E-state index is -3.70. The van der Waals surface area contributed by atoms with Crippen LogP contribution in [0.1, 0.15) is 13.8 Å². The van der Waals surface area contributed by atoms with Gasteiger partial charge < -0.3 is 19.5 Å². The smallest absolute Gasteiger partial charge is 0.247 e. The van der Waals surface area contributed by atoms with Crippen LogP contribution in [0.4, 0.5) is 11.4 Å². The molecule has 0 aromatic heterocycles. The normalized spacial score (nSPS) is 13.7. The fraction of sp³-hybridized carbons (Fsp3) is 0.316. The molecule has 0 fully saturated rings. The molecule has 2 aromatic rings. The van der Waals surface area contributed by atoms with E-state index in [2.05, 4.69) is 5.32 Å². The van der Waals surface area contributed by atoms with Crippen LogP contribution in [0.5, 0.6) is 17.2 Å². The summed E-state index contributed by atoms with van der Waals surface area (Å²) in [6.07, 6.45) is 1.06. The molecule has 1 atom stereocenters. The zero-order valence-corrected chi connectivity index (χ0v) is 16.7. The summed E-state index contributed by atoms with van der Waals surface area (Å²) in [5.74, 6) is 1.27. The molecule has 1 N–H and O–H groups in total. The molecule has 9 heteroatoms. The SMILES string of the molecule is CCOc1ccc(N([C@@H](C)C(=O)Nc2ccc3c(c2)OCO3)S(C)(=O)=O)cc1. The van der Waals surface area contributed by atoms with E-state index >= 15 is 0 Å². The number of hydrogen-bond donors (Lipinski definition) is 1. The lowest BCUT2D eigenvalue weighted by Crippen LogP contribution is -2.45. The van der Waals surface area contributed by atoms with Gasteiger partial charge in [-0.1, -0.05) is 0 Å². The predicted octanol–water partition coefficient (Wildman–Crippen LogP) is 2.61. The van der Waals surface area contributed by atoms with Gasteiger partial charge >= 0.3 is 0 Å². The number of carbonyl (C=O) groups excluding carboxylic acids is 1. The van der Waals surface area contributed by atoms with Crippen molar-refractivity contribution >= 4 is 27.3 Å². The van der Waals surface area contributed by atoms with Crippen LogP contribution in [0.2, 0.25) is 0 Å². The molecule has 0 saturated heterocycles. The number of benzene rings is 2.